The highest BCUT2D eigenvalue weighted by molar-refractivity contribution is 5.99. The van der Waals surface area contributed by atoms with Gasteiger partial charge >= 0.3 is 0 Å². The molecule has 116 valence electrons. The molecule has 0 aliphatic heterocycles. The van der Waals surface area contributed by atoms with Gasteiger partial charge in [0.1, 0.15) is 12.0 Å². The van der Waals surface area contributed by atoms with E-state index in [1.807, 2.05) is 6.92 Å². The van der Waals surface area contributed by atoms with Crippen molar-refractivity contribution in [2.75, 3.05) is 26.1 Å². The molecule has 1 aromatic rings. The molecular formula is C13H20N4O4. The molecule has 1 atom stereocenters. The van der Waals surface area contributed by atoms with Crippen LogP contribution in [-0.2, 0) is 4.74 Å². The van der Waals surface area contributed by atoms with Gasteiger partial charge in [-0.3, -0.25) is 14.9 Å². The molecular weight excluding hydrogens is 276 g/mol. The molecule has 1 rings (SSSR count). The van der Waals surface area contributed by atoms with E-state index in [4.69, 9.17) is 4.74 Å². The van der Waals surface area contributed by atoms with Crippen molar-refractivity contribution in [3.05, 3.63) is 27.9 Å². The van der Waals surface area contributed by atoms with Crippen molar-refractivity contribution in [2.45, 2.75) is 25.8 Å². The first-order chi connectivity index (χ1) is 10.0. The number of pyridine rings is 1. The molecule has 1 heterocycles. The topological polar surface area (TPSA) is 106 Å². The first kappa shape index (κ1) is 16.8. The molecule has 1 aromatic heterocycles. The second-order valence-electron chi connectivity index (χ2n) is 4.51. The zero-order chi connectivity index (χ0) is 15.8. The maximum atomic E-state index is 12.3. The average Bonchev–Trinajstić information content (AvgIpc) is 2.46. The number of ether oxygens (including phenoxy) is 1. The molecule has 21 heavy (non-hydrogen) atoms. The highest BCUT2D eigenvalue weighted by Crippen LogP contribution is 2.19. The van der Waals surface area contributed by atoms with Gasteiger partial charge in [0.05, 0.1) is 23.1 Å². The SMILES string of the molecule is CCCC(COC)NC(=O)c1cc([N+](=O)[O-])cnc1NC. The lowest BCUT2D eigenvalue weighted by atomic mass is 10.1. The summed E-state index contributed by atoms with van der Waals surface area (Å²) in [6, 6.07) is 1.07. The van der Waals surface area contributed by atoms with Gasteiger partial charge in [-0.25, -0.2) is 4.98 Å². The Balaban J connectivity index is 2.98. The van der Waals surface area contributed by atoms with Crippen LogP contribution in [-0.4, -0.2) is 42.6 Å². The van der Waals surface area contributed by atoms with Crippen LogP contribution in [0.5, 0.6) is 0 Å². The van der Waals surface area contributed by atoms with Gasteiger partial charge in [0.15, 0.2) is 0 Å². The first-order valence-corrected chi connectivity index (χ1v) is 6.65. The van der Waals surface area contributed by atoms with Crippen molar-refractivity contribution >= 4 is 17.4 Å². The van der Waals surface area contributed by atoms with E-state index < -0.39 is 10.8 Å². The molecule has 0 aliphatic rings. The highest BCUT2D eigenvalue weighted by Gasteiger charge is 2.20. The van der Waals surface area contributed by atoms with Gasteiger partial charge < -0.3 is 15.4 Å². The molecule has 1 amide bonds. The summed E-state index contributed by atoms with van der Waals surface area (Å²) in [4.78, 5) is 26.4. The second-order valence-corrected chi connectivity index (χ2v) is 4.51. The van der Waals surface area contributed by atoms with Crippen molar-refractivity contribution in [3.8, 4) is 0 Å². The minimum atomic E-state index is -0.581. The number of hydrogen-bond donors (Lipinski definition) is 2. The molecule has 8 heteroatoms. The van der Waals surface area contributed by atoms with E-state index in [-0.39, 0.29) is 17.3 Å². The molecule has 0 spiro atoms. The third-order valence-electron chi connectivity index (χ3n) is 2.91. The number of rotatable bonds is 8. The van der Waals surface area contributed by atoms with Crippen LogP contribution in [0.2, 0.25) is 0 Å². The second kappa shape index (κ2) is 8.15. The fraction of sp³-hybridized carbons (Fsp3) is 0.538. The predicted octanol–water partition coefficient (Wildman–Crippen LogP) is 1.58. The van der Waals surface area contributed by atoms with Crippen LogP contribution in [0.15, 0.2) is 12.3 Å². The van der Waals surface area contributed by atoms with Gasteiger partial charge in [-0.1, -0.05) is 13.3 Å². The largest absolute Gasteiger partial charge is 0.383 e. The lowest BCUT2D eigenvalue weighted by Gasteiger charge is -2.17. The molecule has 2 N–H and O–H groups in total. The Kier molecular flexibility index (Phi) is 6.54. The minimum Gasteiger partial charge on any atom is -0.383 e. The Labute approximate surface area is 123 Å². The van der Waals surface area contributed by atoms with Crippen molar-refractivity contribution in [1.29, 1.82) is 0 Å². The van der Waals surface area contributed by atoms with Crippen LogP contribution in [0.1, 0.15) is 30.1 Å². The van der Waals surface area contributed by atoms with Crippen LogP contribution in [0.4, 0.5) is 11.5 Å². The Morgan fingerprint density at radius 2 is 2.29 bits per heavy atom. The molecule has 1 unspecified atom stereocenters. The smallest absolute Gasteiger partial charge is 0.288 e. The average molecular weight is 296 g/mol. The van der Waals surface area contributed by atoms with Crippen molar-refractivity contribution in [3.63, 3.8) is 0 Å². The number of nitrogens with zero attached hydrogens (tertiary/aromatic N) is 2. The molecule has 0 fully saturated rings. The Morgan fingerprint density at radius 3 is 2.81 bits per heavy atom. The summed E-state index contributed by atoms with van der Waals surface area (Å²) in [6.07, 6.45) is 2.76. The Hall–Kier alpha value is -2.22. The first-order valence-electron chi connectivity index (χ1n) is 6.65. The van der Waals surface area contributed by atoms with E-state index >= 15 is 0 Å². The summed E-state index contributed by atoms with van der Waals surface area (Å²) < 4.78 is 5.06. The number of carbonyl (C=O) groups excluding carboxylic acids is 1. The van der Waals surface area contributed by atoms with Crippen molar-refractivity contribution < 1.29 is 14.5 Å². The minimum absolute atomic E-state index is 0.142. The maximum Gasteiger partial charge on any atom is 0.288 e. The van der Waals surface area contributed by atoms with Crippen LogP contribution in [0, 0.1) is 10.1 Å². The summed E-state index contributed by atoms with van der Waals surface area (Å²) in [6.45, 7) is 2.39. The summed E-state index contributed by atoms with van der Waals surface area (Å²) >= 11 is 0. The third kappa shape index (κ3) is 4.67. The summed E-state index contributed by atoms with van der Waals surface area (Å²) in [5.74, 6) is -0.114. The zero-order valence-electron chi connectivity index (χ0n) is 12.4. The normalized spacial score (nSPS) is 11.8. The molecule has 0 bridgehead atoms. The van der Waals surface area contributed by atoms with Crippen LogP contribution >= 0.6 is 0 Å². The van der Waals surface area contributed by atoms with Gasteiger partial charge in [-0.15, -0.1) is 0 Å². The van der Waals surface area contributed by atoms with E-state index in [0.29, 0.717) is 12.4 Å². The standard InChI is InChI=1S/C13H20N4O4/c1-4-5-9(8-21-3)16-13(18)11-6-10(17(19)20)7-15-12(11)14-2/h6-7,9H,4-5,8H2,1-3H3,(H,14,15)(H,16,18). The van der Waals surface area contributed by atoms with Gasteiger partial charge in [0.25, 0.3) is 11.6 Å². The summed E-state index contributed by atoms with van der Waals surface area (Å²) in [5, 5.41) is 16.4. The number of nitrogens with one attached hydrogen (secondary N) is 2. The van der Waals surface area contributed by atoms with Crippen LogP contribution in [0.25, 0.3) is 0 Å². The van der Waals surface area contributed by atoms with Crippen LogP contribution in [0.3, 0.4) is 0 Å². The van der Waals surface area contributed by atoms with E-state index in [0.717, 1.165) is 19.0 Å². The van der Waals surface area contributed by atoms with Gasteiger partial charge in [-0.2, -0.15) is 0 Å². The summed E-state index contributed by atoms with van der Waals surface area (Å²) in [7, 11) is 3.16. The number of carbonyl (C=O) groups is 1. The Morgan fingerprint density at radius 1 is 1.57 bits per heavy atom. The van der Waals surface area contributed by atoms with E-state index in [1.165, 1.54) is 6.07 Å². The number of methoxy groups -OCH3 is 1. The fourth-order valence-electron chi connectivity index (χ4n) is 1.94. The molecule has 0 aromatic carbocycles. The molecule has 8 nitrogen and oxygen atoms in total. The molecule has 0 radical (unpaired) electrons. The summed E-state index contributed by atoms with van der Waals surface area (Å²) in [5.41, 5.74) is -0.0816. The monoisotopic (exact) mass is 296 g/mol. The van der Waals surface area contributed by atoms with Gasteiger partial charge in [0.2, 0.25) is 0 Å². The number of aromatic nitrogens is 1. The van der Waals surface area contributed by atoms with Gasteiger partial charge in [0, 0.05) is 20.2 Å². The zero-order valence-corrected chi connectivity index (χ0v) is 12.4. The number of amides is 1. The maximum absolute atomic E-state index is 12.3. The lowest BCUT2D eigenvalue weighted by molar-refractivity contribution is -0.385. The predicted molar refractivity (Wildman–Crippen MR) is 78.5 cm³/mol. The molecule has 0 saturated heterocycles. The van der Waals surface area contributed by atoms with E-state index in [9.17, 15) is 14.9 Å². The molecule has 0 saturated carbocycles. The molecule has 0 aliphatic carbocycles. The lowest BCUT2D eigenvalue weighted by Crippen LogP contribution is -2.38. The number of anilines is 1. The van der Waals surface area contributed by atoms with E-state index in [2.05, 4.69) is 15.6 Å². The van der Waals surface area contributed by atoms with Crippen molar-refractivity contribution in [1.82, 2.24) is 10.3 Å². The van der Waals surface area contributed by atoms with Crippen LogP contribution < -0.4 is 10.6 Å². The quantitative estimate of drug-likeness (QED) is 0.557. The van der Waals surface area contributed by atoms with Crippen molar-refractivity contribution in [2.24, 2.45) is 0 Å². The highest BCUT2D eigenvalue weighted by atomic mass is 16.6. The fourth-order valence-corrected chi connectivity index (χ4v) is 1.94. The van der Waals surface area contributed by atoms with E-state index in [1.54, 1.807) is 14.2 Å². The van der Waals surface area contributed by atoms with Gasteiger partial charge in [-0.05, 0) is 6.42 Å². The number of hydrogen-bond acceptors (Lipinski definition) is 6. The third-order valence-corrected chi connectivity index (χ3v) is 2.91. The number of nitro groups is 1. The Bertz CT molecular complexity index is 501.